The van der Waals surface area contributed by atoms with E-state index < -0.39 is 0 Å². The number of ether oxygens (including phenoxy) is 3. The van der Waals surface area contributed by atoms with Gasteiger partial charge in [-0.05, 0) is 144 Å². The third-order valence-electron chi connectivity index (χ3n) is 15.8. The second-order valence-electron chi connectivity index (χ2n) is 19.4. The van der Waals surface area contributed by atoms with Crippen molar-refractivity contribution >= 4 is 11.8 Å². The van der Waals surface area contributed by atoms with Crippen LogP contribution in [-0.4, -0.2) is 106 Å². The quantitative estimate of drug-likeness (QED) is 0.0538. The molecule has 10 nitrogen and oxygen atoms in total. The van der Waals surface area contributed by atoms with E-state index in [2.05, 4.69) is 39.2 Å². The van der Waals surface area contributed by atoms with Crippen molar-refractivity contribution in [2.75, 3.05) is 65.6 Å². The predicted molar refractivity (Wildman–Crippen MR) is 237 cm³/mol. The van der Waals surface area contributed by atoms with Crippen molar-refractivity contribution < 1.29 is 23.8 Å². The Kier molecular flexibility index (Phi) is 21.0. The Morgan fingerprint density at radius 1 is 0.793 bits per heavy atom. The van der Waals surface area contributed by atoms with Gasteiger partial charge in [0.15, 0.2) is 0 Å². The monoisotopic (exact) mass is 816 g/mol. The third kappa shape index (κ3) is 12.5. The van der Waals surface area contributed by atoms with Crippen LogP contribution in [0.15, 0.2) is 12.7 Å². The fourth-order valence-corrected chi connectivity index (χ4v) is 12.6. The molecule has 4 rings (SSSR count). The molecule has 0 radical (unpaired) electrons. The molecule has 4 aliphatic rings. The van der Waals surface area contributed by atoms with Crippen molar-refractivity contribution in [2.24, 2.45) is 63.5 Å². The molecule has 0 aromatic rings. The van der Waals surface area contributed by atoms with Gasteiger partial charge in [-0.3, -0.25) is 9.59 Å². The highest BCUT2D eigenvalue weighted by atomic mass is 16.5. The van der Waals surface area contributed by atoms with Crippen LogP contribution in [0.25, 0.3) is 0 Å². The lowest BCUT2D eigenvalue weighted by Gasteiger charge is -2.65. The van der Waals surface area contributed by atoms with Gasteiger partial charge >= 0.3 is 0 Å². The molecular weight excluding hydrogens is 727 g/mol. The van der Waals surface area contributed by atoms with Gasteiger partial charge in [0.05, 0.1) is 18.3 Å². The summed E-state index contributed by atoms with van der Waals surface area (Å²) in [5.74, 6) is 3.16. The van der Waals surface area contributed by atoms with Crippen molar-refractivity contribution in [3.63, 3.8) is 0 Å². The minimum absolute atomic E-state index is 0.0388. The van der Waals surface area contributed by atoms with Crippen LogP contribution in [0.3, 0.4) is 0 Å². The van der Waals surface area contributed by atoms with Crippen molar-refractivity contribution in [1.29, 1.82) is 0 Å². The van der Waals surface area contributed by atoms with E-state index in [0.29, 0.717) is 74.4 Å². The number of carbonyl (C=O) groups excluding carboxylic acids is 2. The summed E-state index contributed by atoms with van der Waals surface area (Å²) < 4.78 is 20.5. The summed E-state index contributed by atoms with van der Waals surface area (Å²) in [6.07, 6.45) is 22.3. The number of nitrogens with zero attached hydrogens (tertiary/aromatic N) is 2. The molecular formula is C48H89N5O5. The Morgan fingerprint density at radius 3 is 2.12 bits per heavy atom. The summed E-state index contributed by atoms with van der Waals surface area (Å²) in [6, 6.07) is 0. The second kappa shape index (κ2) is 24.8. The lowest BCUT2D eigenvalue weighted by molar-refractivity contribution is -0.227. The fourth-order valence-electron chi connectivity index (χ4n) is 12.6. The van der Waals surface area contributed by atoms with E-state index in [-0.39, 0.29) is 41.4 Å². The molecule has 0 aliphatic heterocycles. The van der Waals surface area contributed by atoms with Gasteiger partial charge < -0.3 is 41.2 Å². The standard InChI is InChI=1S/C48H89N5O5/c1-7-9-10-11-12-13-27-52(45(55)35-53(26-8-2)37(4)54)28-14-18-36(3)40-19-20-41-46-42(34-44(48(40,41)6)58-31-17-25-51)47(5)22-21-39(56-29-15-23-49)32-38(47)33-43(46)57-30-16-24-50/h8,36,38-44,46H,2,7,9-35,49-51H2,1,3-6H3/t36?,38?,39-,40?,41+,42+,43-,44+,46?,47?,48?/m1/s1. The first-order valence-electron chi connectivity index (χ1n) is 24.1. The molecule has 0 saturated heterocycles. The second-order valence-corrected chi connectivity index (χ2v) is 19.4. The molecule has 2 amide bonds. The number of carbonyl (C=O) groups is 2. The molecule has 0 aromatic heterocycles. The van der Waals surface area contributed by atoms with Crippen molar-refractivity contribution in [3.8, 4) is 0 Å². The zero-order chi connectivity index (χ0) is 42.1. The SMILES string of the molecule is C=CCN(CC(=O)N(CCCCCCCC)CCCC(C)C1CC[C@H]2C3[C@H](OCCCN)CC4C[C@H](OCCCN)CCC4(C)[C@H]3C[C@H](OCCCN)C12C)C(C)=O. The van der Waals surface area contributed by atoms with E-state index in [1.165, 1.54) is 44.9 Å². The number of hydrogen-bond acceptors (Lipinski definition) is 8. The maximum absolute atomic E-state index is 13.7. The molecule has 0 aromatic carbocycles. The van der Waals surface area contributed by atoms with Crippen molar-refractivity contribution in [3.05, 3.63) is 12.7 Å². The van der Waals surface area contributed by atoms with Crippen LogP contribution in [0.5, 0.6) is 0 Å². The minimum atomic E-state index is -0.0853. The molecule has 0 bridgehead atoms. The van der Waals surface area contributed by atoms with Crippen LogP contribution < -0.4 is 17.2 Å². The highest BCUT2D eigenvalue weighted by Gasteiger charge is 2.66. The molecule has 4 aliphatic carbocycles. The number of nitrogens with two attached hydrogens (primary N) is 3. The first-order valence-corrected chi connectivity index (χ1v) is 24.1. The summed E-state index contributed by atoms with van der Waals surface area (Å²) in [4.78, 5) is 29.7. The largest absolute Gasteiger partial charge is 0.378 e. The van der Waals surface area contributed by atoms with Crippen LogP contribution in [-0.2, 0) is 23.8 Å². The number of rotatable bonds is 28. The first-order chi connectivity index (χ1) is 28.0. The number of fused-ring (bicyclic) bond motifs is 5. The topological polar surface area (TPSA) is 146 Å². The van der Waals surface area contributed by atoms with Gasteiger partial charge in [-0.1, -0.05) is 65.9 Å². The Hall–Kier alpha value is -1.56. The molecule has 6 unspecified atom stereocenters. The van der Waals surface area contributed by atoms with Crippen LogP contribution in [0.1, 0.15) is 150 Å². The van der Waals surface area contributed by atoms with E-state index in [0.717, 1.165) is 96.9 Å². The minimum Gasteiger partial charge on any atom is -0.378 e. The van der Waals surface area contributed by atoms with E-state index >= 15 is 0 Å². The van der Waals surface area contributed by atoms with E-state index in [1.54, 1.807) is 17.9 Å². The zero-order valence-corrected chi connectivity index (χ0v) is 37.9. The predicted octanol–water partition coefficient (Wildman–Crippen LogP) is 7.71. The molecule has 336 valence electrons. The van der Waals surface area contributed by atoms with E-state index in [9.17, 15) is 9.59 Å². The summed E-state index contributed by atoms with van der Waals surface area (Å²) >= 11 is 0. The smallest absolute Gasteiger partial charge is 0.242 e. The van der Waals surface area contributed by atoms with Crippen LogP contribution >= 0.6 is 0 Å². The van der Waals surface area contributed by atoms with Crippen molar-refractivity contribution in [1.82, 2.24) is 9.80 Å². The van der Waals surface area contributed by atoms with Gasteiger partial charge in [0.2, 0.25) is 11.8 Å². The molecule has 4 fully saturated rings. The Morgan fingerprint density at radius 2 is 1.45 bits per heavy atom. The summed E-state index contributed by atoms with van der Waals surface area (Å²) in [7, 11) is 0. The fraction of sp³-hybridized carbons (Fsp3) is 0.917. The highest BCUT2D eigenvalue weighted by Crippen LogP contribution is 2.69. The average molecular weight is 816 g/mol. The zero-order valence-electron chi connectivity index (χ0n) is 37.9. The molecule has 10 heteroatoms. The lowest BCUT2D eigenvalue weighted by atomic mass is 9.43. The molecule has 0 spiro atoms. The summed E-state index contributed by atoms with van der Waals surface area (Å²) in [5.41, 5.74) is 18.1. The Bertz CT molecular complexity index is 1220. The first kappa shape index (κ1) is 49.1. The summed E-state index contributed by atoms with van der Waals surface area (Å²) in [6.45, 7) is 21.5. The van der Waals surface area contributed by atoms with Crippen LogP contribution in [0, 0.1) is 46.3 Å². The summed E-state index contributed by atoms with van der Waals surface area (Å²) in [5, 5.41) is 0. The molecule has 11 atom stereocenters. The van der Waals surface area contributed by atoms with Crippen LogP contribution in [0.2, 0.25) is 0 Å². The maximum atomic E-state index is 13.7. The molecule has 6 N–H and O–H groups in total. The average Bonchev–Trinajstić information content (AvgIpc) is 3.56. The molecule has 4 saturated carbocycles. The number of amides is 2. The van der Waals surface area contributed by atoms with Gasteiger partial charge in [-0.2, -0.15) is 0 Å². The molecule has 0 heterocycles. The van der Waals surface area contributed by atoms with Gasteiger partial charge in [0.25, 0.3) is 0 Å². The third-order valence-corrected chi connectivity index (χ3v) is 15.8. The number of unbranched alkanes of at least 4 members (excludes halogenated alkanes) is 5. The normalized spacial score (nSPS) is 32.2. The molecule has 58 heavy (non-hydrogen) atoms. The van der Waals surface area contributed by atoms with Gasteiger partial charge in [0.1, 0.15) is 6.54 Å². The van der Waals surface area contributed by atoms with Gasteiger partial charge in [0, 0.05) is 51.8 Å². The lowest BCUT2D eigenvalue weighted by Crippen LogP contribution is -2.63. The Labute approximate surface area is 354 Å². The van der Waals surface area contributed by atoms with E-state index in [1.807, 2.05) is 0 Å². The van der Waals surface area contributed by atoms with Crippen LogP contribution in [0.4, 0.5) is 0 Å². The number of hydrogen-bond donors (Lipinski definition) is 3. The van der Waals surface area contributed by atoms with Gasteiger partial charge in [-0.15, -0.1) is 6.58 Å². The maximum Gasteiger partial charge on any atom is 0.242 e. The highest BCUT2D eigenvalue weighted by molar-refractivity contribution is 5.84. The Balaban J connectivity index is 1.52. The van der Waals surface area contributed by atoms with Crippen molar-refractivity contribution in [2.45, 2.75) is 169 Å². The van der Waals surface area contributed by atoms with Gasteiger partial charge in [-0.25, -0.2) is 0 Å². The van der Waals surface area contributed by atoms with E-state index in [4.69, 9.17) is 31.4 Å².